The first kappa shape index (κ1) is 18.6. The quantitative estimate of drug-likeness (QED) is 0.688. The molecule has 28 heavy (non-hydrogen) atoms. The number of hydrogen-bond acceptors (Lipinski definition) is 3. The van der Waals surface area contributed by atoms with Crippen LogP contribution in [0.4, 0.5) is 5.69 Å². The van der Waals surface area contributed by atoms with E-state index < -0.39 is 0 Å². The van der Waals surface area contributed by atoms with Crippen molar-refractivity contribution in [1.29, 1.82) is 0 Å². The number of rotatable bonds is 6. The van der Waals surface area contributed by atoms with Crippen LogP contribution in [0.15, 0.2) is 54.7 Å². The molecule has 0 saturated carbocycles. The number of H-pyrrole nitrogens is 1. The van der Waals surface area contributed by atoms with Gasteiger partial charge < -0.3 is 19.9 Å². The van der Waals surface area contributed by atoms with Gasteiger partial charge in [-0.3, -0.25) is 4.79 Å². The standard InChI is InChI=1S/C23H27N3O2/c1-28-20-11-14-26(15-12-20)19-8-6-17(7-9-19)23(27)24-13-10-18-16-25-22-5-3-2-4-21(18)22/h2-9,16,20,25H,10-15H2,1H3,(H,24,27). The second kappa shape index (κ2) is 8.48. The third-order valence-corrected chi connectivity index (χ3v) is 5.62. The van der Waals surface area contributed by atoms with E-state index in [-0.39, 0.29) is 5.91 Å². The van der Waals surface area contributed by atoms with Crippen molar-refractivity contribution in [1.82, 2.24) is 10.3 Å². The molecule has 5 nitrogen and oxygen atoms in total. The fourth-order valence-corrected chi connectivity index (χ4v) is 3.92. The number of aromatic nitrogens is 1. The highest BCUT2D eigenvalue weighted by molar-refractivity contribution is 5.94. The molecule has 3 aromatic rings. The van der Waals surface area contributed by atoms with Crippen LogP contribution in [-0.2, 0) is 11.2 Å². The summed E-state index contributed by atoms with van der Waals surface area (Å²) < 4.78 is 5.43. The van der Waals surface area contributed by atoms with Crippen LogP contribution < -0.4 is 10.2 Å². The zero-order valence-electron chi connectivity index (χ0n) is 16.3. The maximum absolute atomic E-state index is 12.5. The zero-order chi connectivity index (χ0) is 19.3. The number of piperidine rings is 1. The lowest BCUT2D eigenvalue weighted by Gasteiger charge is -2.33. The highest BCUT2D eigenvalue weighted by atomic mass is 16.5. The Labute approximate surface area is 165 Å². The van der Waals surface area contributed by atoms with Gasteiger partial charge in [0.1, 0.15) is 0 Å². The number of para-hydroxylation sites is 1. The summed E-state index contributed by atoms with van der Waals surface area (Å²) in [5, 5.41) is 4.25. The van der Waals surface area contributed by atoms with Gasteiger partial charge in [0.2, 0.25) is 0 Å². The first-order chi connectivity index (χ1) is 13.7. The van der Waals surface area contributed by atoms with Gasteiger partial charge >= 0.3 is 0 Å². The number of benzene rings is 2. The van der Waals surface area contributed by atoms with Crippen molar-refractivity contribution >= 4 is 22.5 Å². The zero-order valence-corrected chi connectivity index (χ0v) is 16.3. The Balaban J connectivity index is 1.30. The van der Waals surface area contributed by atoms with Crippen molar-refractivity contribution in [3.05, 3.63) is 65.9 Å². The minimum absolute atomic E-state index is 0.0236. The van der Waals surface area contributed by atoms with E-state index in [2.05, 4.69) is 27.3 Å². The molecule has 1 aliphatic heterocycles. The number of fused-ring (bicyclic) bond motifs is 1. The molecule has 1 saturated heterocycles. The van der Waals surface area contributed by atoms with Gasteiger partial charge in [0.15, 0.2) is 0 Å². The monoisotopic (exact) mass is 377 g/mol. The second-order valence-corrected chi connectivity index (χ2v) is 7.33. The Kier molecular flexibility index (Phi) is 5.63. The first-order valence-corrected chi connectivity index (χ1v) is 9.95. The van der Waals surface area contributed by atoms with Crippen LogP contribution >= 0.6 is 0 Å². The summed E-state index contributed by atoms with van der Waals surface area (Å²) in [6.07, 6.45) is 5.30. The molecular weight excluding hydrogens is 350 g/mol. The number of ether oxygens (including phenoxy) is 1. The van der Waals surface area contributed by atoms with Gasteiger partial charge in [-0.2, -0.15) is 0 Å². The molecule has 0 aliphatic carbocycles. The third kappa shape index (κ3) is 4.04. The van der Waals surface area contributed by atoms with Gasteiger partial charge in [-0.1, -0.05) is 18.2 Å². The summed E-state index contributed by atoms with van der Waals surface area (Å²) in [5.41, 5.74) is 4.24. The summed E-state index contributed by atoms with van der Waals surface area (Å²) in [6.45, 7) is 2.61. The smallest absolute Gasteiger partial charge is 0.251 e. The molecule has 5 heteroatoms. The van der Waals surface area contributed by atoms with Crippen LogP contribution in [0.5, 0.6) is 0 Å². The Bertz CT molecular complexity index is 924. The molecule has 1 aliphatic rings. The van der Waals surface area contributed by atoms with Crippen molar-refractivity contribution in [2.75, 3.05) is 31.6 Å². The van der Waals surface area contributed by atoms with Crippen LogP contribution in [0.2, 0.25) is 0 Å². The van der Waals surface area contributed by atoms with Gasteiger partial charge in [-0.25, -0.2) is 0 Å². The number of carbonyl (C=O) groups excluding carboxylic acids is 1. The summed E-state index contributed by atoms with van der Waals surface area (Å²) in [5.74, 6) is -0.0236. The molecule has 0 unspecified atom stereocenters. The van der Waals surface area contributed by atoms with E-state index >= 15 is 0 Å². The highest BCUT2D eigenvalue weighted by Crippen LogP contribution is 2.22. The molecule has 1 fully saturated rings. The number of amides is 1. The molecule has 1 amide bonds. The van der Waals surface area contributed by atoms with Crippen molar-refractivity contribution in [2.24, 2.45) is 0 Å². The minimum Gasteiger partial charge on any atom is -0.381 e. The molecule has 0 spiro atoms. The average molecular weight is 377 g/mol. The number of anilines is 1. The summed E-state index contributed by atoms with van der Waals surface area (Å²) in [6, 6.07) is 16.2. The Morgan fingerprint density at radius 1 is 1.14 bits per heavy atom. The van der Waals surface area contributed by atoms with Crippen molar-refractivity contribution in [2.45, 2.75) is 25.4 Å². The minimum atomic E-state index is -0.0236. The fraction of sp³-hybridized carbons (Fsp3) is 0.348. The molecule has 4 rings (SSSR count). The van der Waals surface area contributed by atoms with Crippen molar-refractivity contribution in [3.8, 4) is 0 Å². The summed E-state index contributed by atoms with van der Waals surface area (Å²) >= 11 is 0. The van der Waals surface area contributed by atoms with Crippen molar-refractivity contribution < 1.29 is 9.53 Å². The predicted molar refractivity (Wildman–Crippen MR) is 113 cm³/mol. The molecule has 2 aromatic carbocycles. The van der Waals surface area contributed by atoms with Crippen LogP contribution in [0.25, 0.3) is 10.9 Å². The number of nitrogens with zero attached hydrogens (tertiary/aromatic N) is 1. The number of carbonyl (C=O) groups is 1. The van der Waals surface area contributed by atoms with Gasteiger partial charge in [0.25, 0.3) is 5.91 Å². The highest BCUT2D eigenvalue weighted by Gasteiger charge is 2.19. The number of aromatic amines is 1. The van der Waals surface area contributed by atoms with E-state index in [1.54, 1.807) is 7.11 Å². The number of hydrogen-bond donors (Lipinski definition) is 2. The summed E-state index contributed by atoms with van der Waals surface area (Å²) in [4.78, 5) is 18.1. The van der Waals surface area contributed by atoms with Crippen molar-refractivity contribution in [3.63, 3.8) is 0 Å². The maximum atomic E-state index is 12.5. The summed E-state index contributed by atoms with van der Waals surface area (Å²) in [7, 11) is 1.78. The number of nitrogens with one attached hydrogen (secondary N) is 2. The van der Waals surface area contributed by atoms with E-state index in [0.29, 0.717) is 18.2 Å². The topological polar surface area (TPSA) is 57.4 Å². The Morgan fingerprint density at radius 3 is 2.64 bits per heavy atom. The molecule has 0 atom stereocenters. The molecular formula is C23H27N3O2. The second-order valence-electron chi connectivity index (χ2n) is 7.33. The number of methoxy groups -OCH3 is 1. The molecule has 2 N–H and O–H groups in total. The van der Waals surface area contributed by atoms with Gasteiger partial charge in [0, 0.05) is 55.1 Å². The van der Waals surface area contributed by atoms with E-state index in [1.165, 1.54) is 16.6 Å². The van der Waals surface area contributed by atoms with E-state index in [4.69, 9.17) is 4.74 Å². The van der Waals surface area contributed by atoms with Crippen LogP contribution in [0.1, 0.15) is 28.8 Å². The van der Waals surface area contributed by atoms with Gasteiger partial charge in [-0.15, -0.1) is 0 Å². The largest absolute Gasteiger partial charge is 0.381 e. The van der Waals surface area contributed by atoms with E-state index in [1.807, 2.05) is 42.6 Å². The first-order valence-electron chi connectivity index (χ1n) is 9.95. The average Bonchev–Trinajstić information content (AvgIpc) is 3.17. The normalized spacial score (nSPS) is 15.1. The van der Waals surface area contributed by atoms with Crippen LogP contribution in [-0.4, -0.2) is 43.7 Å². The molecule has 2 heterocycles. The third-order valence-electron chi connectivity index (χ3n) is 5.62. The fourth-order valence-electron chi connectivity index (χ4n) is 3.92. The SMILES string of the molecule is COC1CCN(c2ccc(C(=O)NCCc3c[nH]c4ccccc34)cc2)CC1. The Morgan fingerprint density at radius 2 is 1.89 bits per heavy atom. The lowest BCUT2D eigenvalue weighted by atomic mass is 10.1. The Hall–Kier alpha value is -2.79. The van der Waals surface area contributed by atoms with E-state index in [0.717, 1.165) is 37.9 Å². The lowest BCUT2D eigenvalue weighted by molar-refractivity contribution is 0.0819. The lowest BCUT2D eigenvalue weighted by Crippen LogP contribution is -2.36. The maximum Gasteiger partial charge on any atom is 0.251 e. The predicted octanol–water partition coefficient (Wildman–Crippen LogP) is 3.76. The molecule has 0 bridgehead atoms. The van der Waals surface area contributed by atoms with Crippen LogP contribution in [0, 0.1) is 0 Å². The molecule has 0 radical (unpaired) electrons. The van der Waals surface area contributed by atoms with Gasteiger partial charge in [-0.05, 0) is 55.2 Å². The van der Waals surface area contributed by atoms with Gasteiger partial charge in [0.05, 0.1) is 6.10 Å². The molecule has 1 aromatic heterocycles. The van der Waals surface area contributed by atoms with E-state index in [9.17, 15) is 4.79 Å². The molecule has 146 valence electrons. The van der Waals surface area contributed by atoms with Crippen LogP contribution in [0.3, 0.4) is 0 Å².